The molecule has 17 heavy (non-hydrogen) atoms. The molecule has 1 saturated carbocycles. The van der Waals surface area contributed by atoms with Crippen LogP contribution in [0, 0.1) is 5.92 Å². The second-order valence-corrected chi connectivity index (χ2v) is 6.26. The van der Waals surface area contributed by atoms with Crippen molar-refractivity contribution in [2.75, 3.05) is 34.2 Å². The fraction of sp³-hybridized carbons (Fsp3) is 1.00. The minimum Gasteiger partial charge on any atom is -0.317 e. The maximum atomic E-state index is 3.42. The van der Waals surface area contributed by atoms with E-state index in [0.29, 0.717) is 0 Å². The van der Waals surface area contributed by atoms with Gasteiger partial charge in [-0.3, -0.25) is 4.90 Å². The molecule has 2 atom stereocenters. The van der Waals surface area contributed by atoms with Gasteiger partial charge in [0.15, 0.2) is 0 Å². The minimum absolute atomic E-state index is 0.761. The summed E-state index contributed by atoms with van der Waals surface area (Å²) >= 11 is 0. The summed E-state index contributed by atoms with van der Waals surface area (Å²) in [6.45, 7) is 4.99. The lowest BCUT2D eigenvalue weighted by molar-refractivity contribution is 0.163. The molecule has 1 saturated heterocycles. The molecule has 2 unspecified atom stereocenters. The Hall–Kier alpha value is -0.120. The predicted octanol–water partition coefficient (Wildman–Crippen LogP) is 1.40. The van der Waals surface area contributed by atoms with Gasteiger partial charge in [0, 0.05) is 31.2 Å². The molecule has 100 valence electrons. The van der Waals surface area contributed by atoms with E-state index in [1.165, 1.54) is 38.8 Å². The van der Waals surface area contributed by atoms with Crippen molar-refractivity contribution in [3.05, 3.63) is 0 Å². The van der Waals surface area contributed by atoms with Gasteiger partial charge in [-0.1, -0.05) is 6.92 Å². The summed E-state index contributed by atoms with van der Waals surface area (Å²) < 4.78 is 0. The van der Waals surface area contributed by atoms with Crippen LogP contribution in [0.5, 0.6) is 0 Å². The van der Waals surface area contributed by atoms with Gasteiger partial charge in [0.05, 0.1) is 0 Å². The molecule has 0 spiro atoms. The third kappa shape index (κ3) is 3.01. The smallest absolute Gasteiger partial charge is 0.0254 e. The number of nitrogens with one attached hydrogen (secondary N) is 1. The SMILES string of the molecule is CNC1CCC(N2CC(C)C(N(C)C)C2)CC1. The van der Waals surface area contributed by atoms with E-state index in [9.17, 15) is 0 Å². The lowest BCUT2D eigenvalue weighted by Crippen LogP contribution is -2.42. The topological polar surface area (TPSA) is 18.5 Å². The lowest BCUT2D eigenvalue weighted by atomic mass is 9.90. The highest BCUT2D eigenvalue weighted by Gasteiger charge is 2.35. The Labute approximate surface area is 107 Å². The first-order valence-corrected chi connectivity index (χ1v) is 7.19. The highest BCUT2D eigenvalue weighted by atomic mass is 15.3. The predicted molar refractivity (Wildman–Crippen MR) is 73.3 cm³/mol. The maximum Gasteiger partial charge on any atom is 0.0254 e. The van der Waals surface area contributed by atoms with Gasteiger partial charge in [0.2, 0.25) is 0 Å². The number of nitrogens with zero attached hydrogens (tertiary/aromatic N) is 2. The van der Waals surface area contributed by atoms with Crippen molar-refractivity contribution < 1.29 is 0 Å². The monoisotopic (exact) mass is 239 g/mol. The number of likely N-dealkylation sites (N-methyl/N-ethyl adjacent to an activating group) is 1. The molecule has 3 heteroatoms. The molecule has 1 aliphatic carbocycles. The van der Waals surface area contributed by atoms with Crippen LogP contribution in [0.15, 0.2) is 0 Å². The minimum atomic E-state index is 0.761. The zero-order valence-corrected chi connectivity index (χ0v) is 11.9. The van der Waals surface area contributed by atoms with Gasteiger partial charge in [-0.2, -0.15) is 0 Å². The number of likely N-dealkylation sites (tertiary alicyclic amines) is 1. The quantitative estimate of drug-likeness (QED) is 0.803. The van der Waals surface area contributed by atoms with Crippen LogP contribution < -0.4 is 5.32 Å². The van der Waals surface area contributed by atoms with Crippen molar-refractivity contribution in [1.29, 1.82) is 0 Å². The van der Waals surface area contributed by atoms with E-state index in [1.54, 1.807) is 0 Å². The van der Waals surface area contributed by atoms with E-state index in [4.69, 9.17) is 0 Å². The van der Waals surface area contributed by atoms with Crippen LogP contribution in [0.2, 0.25) is 0 Å². The third-order valence-corrected chi connectivity index (χ3v) is 4.89. The zero-order valence-electron chi connectivity index (χ0n) is 11.9. The molecule has 0 aromatic carbocycles. The van der Waals surface area contributed by atoms with E-state index in [2.05, 4.69) is 43.2 Å². The average Bonchev–Trinajstić information content (AvgIpc) is 2.71. The van der Waals surface area contributed by atoms with Crippen molar-refractivity contribution >= 4 is 0 Å². The van der Waals surface area contributed by atoms with E-state index in [0.717, 1.165) is 24.0 Å². The molecular weight excluding hydrogens is 210 g/mol. The fourth-order valence-corrected chi connectivity index (χ4v) is 3.69. The highest BCUT2D eigenvalue weighted by Crippen LogP contribution is 2.29. The third-order valence-electron chi connectivity index (χ3n) is 4.89. The Kier molecular flexibility index (Phi) is 4.45. The molecule has 1 heterocycles. The molecule has 0 aromatic heterocycles. The van der Waals surface area contributed by atoms with Crippen LogP contribution >= 0.6 is 0 Å². The first kappa shape index (κ1) is 13.3. The summed E-state index contributed by atoms with van der Waals surface area (Å²) in [6.07, 6.45) is 5.49. The summed E-state index contributed by atoms with van der Waals surface area (Å²) in [5, 5.41) is 3.42. The number of hydrogen-bond acceptors (Lipinski definition) is 3. The molecular formula is C14H29N3. The Morgan fingerprint density at radius 3 is 2.18 bits per heavy atom. The summed E-state index contributed by atoms with van der Waals surface area (Å²) in [6, 6.07) is 2.39. The van der Waals surface area contributed by atoms with Crippen LogP contribution in [0.1, 0.15) is 32.6 Å². The normalized spacial score (nSPS) is 40.1. The summed E-state index contributed by atoms with van der Waals surface area (Å²) in [7, 11) is 6.55. The van der Waals surface area contributed by atoms with Crippen LogP contribution in [0.4, 0.5) is 0 Å². The van der Waals surface area contributed by atoms with Gasteiger partial charge in [0.1, 0.15) is 0 Å². The van der Waals surface area contributed by atoms with Crippen molar-refractivity contribution in [1.82, 2.24) is 15.1 Å². The van der Waals surface area contributed by atoms with Crippen molar-refractivity contribution in [3.63, 3.8) is 0 Å². The van der Waals surface area contributed by atoms with Gasteiger partial charge < -0.3 is 10.2 Å². The molecule has 2 fully saturated rings. The second-order valence-electron chi connectivity index (χ2n) is 6.26. The summed E-state index contributed by atoms with van der Waals surface area (Å²) in [4.78, 5) is 5.16. The zero-order chi connectivity index (χ0) is 12.4. The second kappa shape index (κ2) is 5.68. The fourth-order valence-electron chi connectivity index (χ4n) is 3.69. The van der Waals surface area contributed by atoms with Gasteiger partial charge in [-0.25, -0.2) is 0 Å². The molecule has 1 aliphatic heterocycles. The van der Waals surface area contributed by atoms with Crippen molar-refractivity contribution in [2.45, 2.75) is 50.7 Å². The van der Waals surface area contributed by atoms with Crippen LogP contribution in [-0.4, -0.2) is 62.2 Å². The molecule has 0 bridgehead atoms. The first-order chi connectivity index (χ1) is 8.11. The van der Waals surface area contributed by atoms with Crippen molar-refractivity contribution in [3.8, 4) is 0 Å². The Morgan fingerprint density at radius 2 is 1.71 bits per heavy atom. The van der Waals surface area contributed by atoms with Gasteiger partial charge in [0.25, 0.3) is 0 Å². The standard InChI is InChI=1S/C14H29N3/c1-11-9-17(10-14(11)16(3)4)13-7-5-12(15-2)6-8-13/h11-15H,5-10H2,1-4H3. The van der Waals surface area contributed by atoms with Crippen molar-refractivity contribution in [2.24, 2.45) is 5.92 Å². The number of hydrogen-bond donors (Lipinski definition) is 1. The maximum absolute atomic E-state index is 3.42. The highest BCUT2D eigenvalue weighted by molar-refractivity contribution is 4.92. The van der Waals surface area contributed by atoms with Crippen LogP contribution in [0.25, 0.3) is 0 Å². The molecule has 0 aromatic rings. The van der Waals surface area contributed by atoms with Crippen LogP contribution in [-0.2, 0) is 0 Å². The number of rotatable bonds is 3. The van der Waals surface area contributed by atoms with Gasteiger partial charge in [-0.05, 0) is 52.7 Å². The van der Waals surface area contributed by atoms with E-state index in [-0.39, 0.29) is 0 Å². The summed E-state index contributed by atoms with van der Waals surface area (Å²) in [5.41, 5.74) is 0. The van der Waals surface area contributed by atoms with Crippen LogP contribution in [0.3, 0.4) is 0 Å². The molecule has 2 aliphatic rings. The van der Waals surface area contributed by atoms with E-state index >= 15 is 0 Å². The van der Waals surface area contributed by atoms with Gasteiger partial charge >= 0.3 is 0 Å². The molecule has 1 N–H and O–H groups in total. The average molecular weight is 239 g/mol. The Bertz CT molecular complexity index is 234. The lowest BCUT2D eigenvalue weighted by Gasteiger charge is -2.34. The van der Waals surface area contributed by atoms with E-state index in [1.807, 2.05) is 0 Å². The largest absolute Gasteiger partial charge is 0.317 e. The molecule has 0 radical (unpaired) electrons. The molecule has 3 nitrogen and oxygen atoms in total. The Morgan fingerprint density at radius 1 is 1.06 bits per heavy atom. The summed E-state index contributed by atoms with van der Waals surface area (Å²) in [5.74, 6) is 0.826. The Balaban J connectivity index is 1.84. The first-order valence-electron chi connectivity index (χ1n) is 7.19. The van der Waals surface area contributed by atoms with E-state index < -0.39 is 0 Å². The molecule has 2 rings (SSSR count). The molecule has 0 amide bonds. The van der Waals surface area contributed by atoms with Gasteiger partial charge in [-0.15, -0.1) is 0 Å².